The van der Waals surface area contributed by atoms with Gasteiger partial charge in [0.25, 0.3) is 5.56 Å². The van der Waals surface area contributed by atoms with E-state index < -0.39 is 23.4 Å². The van der Waals surface area contributed by atoms with Crippen LogP contribution in [0, 0.1) is 5.92 Å². The number of methoxy groups -OCH3 is 2. The summed E-state index contributed by atoms with van der Waals surface area (Å²) in [6.45, 7) is 1.58. The number of ether oxygens (including phenoxy) is 2. The average Bonchev–Trinajstić information content (AvgIpc) is 2.92. The number of benzene rings is 1. The van der Waals surface area contributed by atoms with Crippen LogP contribution in [0.5, 0.6) is 5.75 Å². The third-order valence-corrected chi connectivity index (χ3v) is 4.68. The van der Waals surface area contributed by atoms with Crippen molar-refractivity contribution in [2.75, 3.05) is 14.2 Å². The number of nitrogens with one attached hydrogen (secondary N) is 2. The Morgan fingerprint density at radius 3 is 2.50 bits per heavy atom. The maximum absolute atomic E-state index is 12.4. The molecule has 1 heterocycles. The average molecular weight is 332 g/mol. The molecule has 128 valence electrons. The fourth-order valence-electron chi connectivity index (χ4n) is 3.55. The van der Waals surface area contributed by atoms with Crippen molar-refractivity contribution < 1.29 is 19.4 Å². The van der Waals surface area contributed by atoms with Crippen molar-refractivity contribution in [2.24, 2.45) is 5.92 Å². The molecule has 3 rings (SSSR count). The van der Waals surface area contributed by atoms with Gasteiger partial charge >= 0.3 is 5.97 Å². The number of hydrogen-bond donors (Lipinski definition) is 3. The third kappa shape index (κ3) is 2.50. The third-order valence-electron chi connectivity index (χ3n) is 4.68. The maximum atomic E-state index is 12.4. The summed E-state index contributed by atoms with van der Waals surface area (Å²) in [6, 6.07) is 7.09. The normalized spacial score (nSPS) is 25.8. The highest BCUT2D eigenvalue weighted by atomic mass is 16.5. The summed E-state index contributed by atoms with van der Waals surface area (Å²) in [4.78, 5) is 24.7. The minimum absolute atomic E-state index is 0.160. The quantitative estimate of drug-likeness (QED) is 0.726. The zero-order valence-electron chi connectivity index (χ0n) is 13.8. The molecule has 7 heteroatoms. The van der Waals surface area contributed by atoms with E-state index in [0.717, 1.165) is 5.56 Å². The molecule has 1 aromatic carbocycles. The summed E-state index contributed by atoms with van der Waals surface area (Å²) in [7, 11) is 2.84. The summed E-state index contributed by atoms with van der Waals surface area (Å²) in [5.74, 6) is -1.39. The number of aromatic amines is 2. The van der Waals surface area contributed by atoms with Crippen molar-refractivity contribution in [1.82, 2.24) is 10.2 Å². The molecule has 0 saturated heterocycles. The first-order valence-electron chi connectivity index (χ1n) is 7.62. The molecule has 7 nitrogen and oxygen atoms in total. The van der Waals surface area contributed by atoms with Gasteiger partial charge in [-0.3, -0.25) is 14.7 Å². The van der Waals surface area contributed by atoms with E-state index in [2.05, 4.69) is 10.2 Å². The van der Waals surface area contributed by atoms with Gasteiger partial charge in [-0.15, -0.1) is 0 Å². The standard InChI is InChI=1S/C17H20N2O5/c1-17(22)8-11-13(15(20)19-18-11)12(14(17)16(21)24-3)9-4-6-10(23-2)7-5-9/h4-7,12,14,22H,8H2,1-3H3,(H2,18,19,20)/t12-,14+,17+/m1/s1. The summed E-state index contributed by atoms with van der Waals surface area (Å²) in [6.07, 6.45) is 0.160. The van der Waals surface area contributed by atoms with E-state index in [1.807, 2.05) is 0 Å². The smallest absolute Gasteiger partial charge is 0.312 e. The number of rotatable bonds is 3. The molecule has 1 aliphatic carbocycles. The minimum atomic E-state index is -1.35. The Balaban J connectivity index is 2.20. The lowest BCUT2D eigenvalue weighted by Gasteiger charge is -2.40. The Morgan fingerprint density at radius 2 is 1.92 bits per heavy atom. The molecule has 0 radical (unpaired) electrons. The van der Waals surface area contributed by atoms with Gasteiger partial charge < -0.3 is 19.7 Å². The highest BCUT2D eigenvalue weighted by molar-refractivity contribution is 5.77. The zero-order chi connectivity index (χ0) is 17.5. The number of esters is 1. The molecule has 3 atom stereocenters. The monoisotopic (exact) mass is 332 g/mol. The molecule has 0 aliphatic heterocycles. The van der Waals surface area contributed by atoms with Crippen LogP contribution in [0.1, 0.15) is 29.7 Å². The van der Waals surface area contributed by atoms with Crippen molar-refractivity contribution in [3.63, 3.8) is 0 Å². The lowest BCUT2D eigenvalue weighted by Crippen LogP contribution is -2.49. The summed E-state index contributed by atoms with van der Waals surface area (Å²) in [5, 5.41) is 16.2. The number of carbonyl (C=O) groups excluding carboxylic acids is 1. The Hall–Kier alpha value is -2.54. The lowest BCUT2D eigenvalue weighted by molar-refractivity contribution is -0.156. The molecule has 24 heavy (non-hydrogen) atoms. The second kappa shape index (κ2) is 5.83. The van der Waals surface area contributed by atoms with Gasteiger partial charge in [-0.25, -0.2) is 0 Å². The van der Waals surface area contributed by atoms with E-state index in [1.165, 1.54) is 7.11 Å². The molecule has 0 spiro atoms. The SMILES string of the molecule is COC(=O)[C@@H]1[C@H](c2ccc(OC)cc2)c2c([nH][nH]c2=O)C[C@]1(C)O. The summed E-state index contributed by atoms with van der Waals surface area (Å²) < 4.78 is 10.1. The van der Waals surface area contributed by atoms with Crippen LogP contribution in [0.25, 0.3) is 0 Å². The van der Waals surface area contributed by atoms with Gasteiger partial charge in [-0.05, 0) is 24.6 Å². The van der Waals surface area contributed by atoms with Gasteiger partial charge in [0.15, 0.2) is 0 Å². The molecule has 1 aliphatic rings. The number of hydrogen-bond acceptors (Lipinski definition) is 5. The fourth-order valence-corrected chi connectivity index (χ4v) is 3.55. The first-order valence-corrected chi connectivity index (χ1v) is 7.62. The van der Waals surface area contributed by atoms with Crippen molar-refractivity contribution in [3.05, 3.63) is 51.4 Å². The minimum Gasteiger partial charge on any atom is -0.497 e. The molecule has 1 aromatic heterocycles. The van der Waals surface area contributed by atoms with Crippen molar-refractivity contribution in [1.29, 1.82) is 0 Å². The highest BCUT2D eigenvalue weighted by Gasteiger charge is 2.51. The first kappa shape index (κ1) is 16.3. The van der Waals surface area contributed by atoms with Crippen LogP contribution in [0.15, 0.2) is 29.1 Å². The summed E-state index contributed by atoms with van der Waals surface area (Å²) in [5.41, 5.74) is 0.149. The number of aromatic nitrogens is 2. The molecular weight excluding hydrogens is 312 g/mol. The topological polar surface area (TPSA) is 104 Å². The second-order valence-corrected chi connectivity index (χ2v) is 6.26. The van der Waals surface area contributed by atoms with Crippen LogP contribution in [0.3, 0.4) is 0 Å². The molecule has 0 bridgehead atoms. The largest absolute Gasteiger partial charge is 0.497 e. The number of aliphatic hydroxyl groups is 1. The van der Waals surface area contributed by atoms with Crippen molar-refractivity contribution >= 4 is 5.97 Å². The maximum Gasteiger partial charge on any atom is 0.312 e. The Bertz CT molecular complexity index is 803. The Kier molecular flexibility index (Phi) is 3.96. The van der Waals surface area contributed by atoms with Gasteiger partial charge in [0.1, 0.15) is 5.75 Å². The van der Waals surface area contributed by atoms with E-state index in [4.69, 9.17) is 9.47 Å². The van der Waals surface area contributed by atoms with E-state index >= 15 is 0 Å². The Labute approximate surface area is 138 Å². The molecule has 3 N–H and O–H groups in total. The van der Waals surface area contributed by atoms with Crippen molar-refractivity contribution in [3.8, 4) is 5.75 Å². The molecular formula is C17H20N2O5. The summed E-state index contributed by atoms with van der Waals surface area (Å²) >= 11 is 0. The van der Waals surface area contributed by atoms with E-state index in [-0.39, 0.29) is 12.0 Å². The fraction of sp³-hybridized carbons (Fsp3) is 0.412. The molecule has 0 unspecified atom stereocenters. The highest BCUT2D eigenvalue weighted by Crippen LogP contribution is 2.44. The van der Waals surface area contributed by atoms with E-state index in [1.54, 1.807) is 38.3 Å². The number of H-pyrrole nitrogens is 2. The van der Waals surface area contributed by atoms with Crippen LogP contribution < -0.4 is 10.3 Å². The molecule has 2 aromatic rings. The van der Waals surface area contributed by atoms with E-state index in [9.17, 15) is 14.7 Å². The van der Waals surface area contributed by atoms with Crippen LogP contribution >= 0.6 is 0 Å². The molecule has 0 amide bonds. The lowest BCUT2D eigenvalue weighted by atomic mass is 9.66. The van der Waals surface area contributed by atoms with Gasteiger partial charge in [0.05, 0.1) is 25.7 Å². The van der Waals surface area contributed by atoms with Gasteiger partial charge in [0.2, 0.25) is 0 Å². The van der Waals surface area contributed by atoms with Crippen LogP contribution in [0.2, 0.25) is 0 Å². The molecule has 0 saturated carbocycles. The van der Waals surface area contributed by atoms with Crippen LogP contribution in [-0.2, 0) is 16.0 Å². The number of fused-ring (bicyclic) bond motifs is 1. The second-order valence-electron chi connectivity index (χ2n) is 6.26. The van der Waals surface area contributed by atoms with E-state index in [0.29, 0.717) is 17.0 Å². The first-order chi connectivity index (χ1) is 11.4. The number of carbonyl (C=O) groups is 1. The predicted molar refractivity (Wildman–Crippen MR) is 86.1 cm³/mol. The van der Waals surface area contributed by atoms with Gasteiger partial charge in [-0.2, -0.15) is 0 Å². The Morgan fingerprint density at radius 1 is 1.25 bits per heavy atom. The van der Waals surface area contributed by atoms with Crippen LogP contribution in [0.4, 0.5) is 0 Å². The predicted octanol–water partition coefficient (Wildman–Crippen LogP) is 0.940. The van der Waals surface area contributed by atoms with Gasteiger partial charge in [-0.1, -0.05) is 12.1 Å². The molecule has 0 fully saturated rings. The van der Waals surface area contributed by atoms with Crippen LogP contribution in [-0.4, -0.2) is 41.1 Å². The van der Waals surface area contributed by atoms with Crippen molar-refractivity contribution in [2.45, 2.75) is 24.9 Å². The van der Waals surface area contributed by atoms with Gasteiger partial charge in [0, 0.05) is 23.6 Å². The zero-order valence-corrected chi connectivity index (χ0v) is 13.8.